The van der Waals surface area contributed by atoms with Crippen LogP contribution < -0.4 is 0 Å². The van der Waals surface area contributed by atoms with E-state index in [-0.39, 0.29) is 72.1 Å². The molecule has 5 aliphatic rings. The summed E-state index contributed by atoms with van der Waals surface area (Å²) in [5.41, 5.74) is 8.92. The van der Waals surface area contributed by atoms with Crippen LogP contribution in [0.1, 0.15) is 183 Å². The zero-order valence-electron chi connectivity index (χ0n) is 58.8. The minimum atomic E-state index is -2.46. The van der Waals surface area contributed by atoms with Crippen molar-refractivity contribution in [1.82, 2.24) is 9.97 Å². The Labute approximate surface area is 544 Å². The molecule has 15 nitrogen and oxygen atoms in total. The van der Waals surface area contributed by atoms with Crippen molar-refractivity contribution in [2.45, 2.75) is 294 Å². The van der Waals surface area contributed by atoms with Gasteiger partial charge in [0.15, 0.2) is 20.0 Å². The molecule has 0 aliphatic carbocycles. The summed E-state index contributed by atoms with van der Waals surface area (Å²) in [6, 6.07) is 0. The third kappa shape index (κ3) is 19.4. The average Bonchev–Trinajstić information content (AvgIpc) is 0.946. The first-order valence-corrected chi connectivity index (χ1v) is 42.1. The molecule has 7 heterocycles. The Hall–Kier alpha value is -3.82. The van der Waals surface area contributed by atoms with Gasteiger partial charge in [0.05, 0.1) is 67.5 Å². The van der Waals surface area contributed by atoms with Crippen LogP contribution in [-0.2, 0) is 58.0 Å². The highest BCUT2D eigenvalue weighted by Crippen LogP contribution is 2.47. The van der Waals surface area contributed by atoms with E-state index in [0.717, 1.165) is 41.7 Å². The Balaban J connectivity index is 1.14. The molecule has 7 rings (SSSR count). The van der Waals surface area contributed by atoms with E-state index in [2.05, 4.69) is 152 Å². The van der Waals surface area contributed by atoms with Crippen LogP contribution >= 0.6 is 0 Å². The van der Waals surface area contributed by atoms with E-state index < -0.39 is 60.9 Å². The highest BCUT2D eigenvalue weighted by Gasteiger charge is 2.52. The maximum Gasteiger partial charge on any atom is 0.330 e. The smallest absolute Gasteiger partial charge is 0.330 e. The fourth-order valence-electron chi connectivity index (χ4n) is 14.2. The summed E-state index contributed by atoms with van der Waals surface area (Å²) in [5.74, 6) is 2.37. The van der Waals surface area contributed by atoms with Crippen molar-refractivity contribution in [3.8, 4) is 11.5 Å². The summed E-state index contributed by atoms with van der Waals surface area (Å²) >= 11 is 0. The molecule has 0 unspecified atom stereocenters. The van der Waals surface area contributed by atoms with Crippen LogP contribution in [0.5, 0.6) is 0 Å². The molecule has 8 bridgehead atoms. The number of rotatable bonds is 19. The van der Waals surface area contributed by atoms with Gasteiger partial charge in [-0.15, -0.1) is 11.5 Å². The zero-order valence-corrected chi connectivity index (χ0v) is 61.8. The largest absolute Gasteiger partial charge is 0.458 e. The molecule has 0 saturated carbocycles. The summed E-state index contributed by atoms with van der Waals surface area (Å²) < 4.78 is 80.2. The minimum Gasteiger partial charge on any atom is -0.458 e. The first kappa shape index (κ1) is 73.6. The number of aromatic nitrogens is 2. The van der Waals surface area contributed by atoms with Crippen molar-refractivity contribution in [3.63, 3.8) is 0 Å². The molecule has 0 radical (unpaired) electrons. The molecule has 4 saturated heterocycles. The fourth-order valence-corrected chi connectivity index (χ4v) is 21.7. The van der Waals surface area contributed by atoms with Crippen molar-refractivity contribution in [2.24, 2.45) is 11.8 Å². The fraction of sp³-hybridized carbons (Fsp3) is 0.708. The Kier molecular flexibility index (Phi) is 25.8. The van der Waals surface area contributed by atoms with Gasteiger partial charge >= 0.3 is 5.97 Å². The molecular formula is C72H114N2O13Si3. The highest BCUT2D eigenvalue weighted by atomic mass is 28.4. The van der Waals surface area contributed by atoms with E-state index in [1.807, 2.05) is 31.2 Å². The molecule has 5 aliphatic heterocycles. The molecule has 0 aromatic carbocycles. The SMILES string of the molecule is C=C1C[C@@H]2C[C@@H]3C[C@@H](O[Si](C)(C)C(C)(C)C)C[C@@H](O3)c3coc(n3)C=CC[C@H]3O[C@@H](C(C)=Cc4coc(C[C@]5(OC)C[C@H](OC)C[C@H]([C@@H](C=C(C)C=C[C@@H](CC#C[Si](C)(C)C)OC)O[Si](C(C)C)(C(C)C)C(C)C)O5)n4)[C@H](C)[C@@H](OC(=O)C=CC[C@@H](C1)O2)[C@H]3C. The third-order valence-electron chi connectivity index (χ3n) is 19.8. The standard InChI is InChI=1S/C72H114N2O13Si3/c1-46(2)90(47(3)4,48(5)6)87-65(36-49(7)31-32-55(76-15)27-25-33-88(18,19)20)64-41-60(77-16)42-72(78-17,85-64)43-67-73-54(44-79-67)37-51(9)69-53(11)70-52(10)62(83-69)28-24-29-66-74-61(45-80-66)63-40-59(86-89(21,22)71(12,13)14)39-58(82-63)38-57-35-50(8)34-56(81-57)26-23-30-68(75)84-70/h23-24,29-32,36-37,44-48,52-53,55-60,62-65,69-70H,8,26-28,34-35,38-43H2,1-7,9-22H3/t52-,53-,55+,56-,57+,58+,59+,60+,62+,63+,64+,65+,69-,70-,72-/m0/s1. The number of oxazole rings is 2. The maximum absolute atomic E-state index is 13.9. The van der Waals surface area contributed by atoms with Gasteiger partial charge in [-0.2, -0.15) is 0 Å². The number of hydrogen-bond donors (Lipinski definition) is 0. The monoisotopic (exact) mass is 1300 g/mol. The number of methoxy groups -OCH3 is 3. The predicted octanol–water partition coefficient (Wildman–Crippen LogP) is 16.6. The van der Waals surface area contributed by atoms with Crippen LogP contribution in [0.25, 0.3) is 12.2 Å². The average molecular weight is 1300 g/mol. The summed E-state index contributed by atoms with van der Waals surface area (Å²) in [7, 11) is -0.923. The van der Waals surface area contributed by atoms with Crippen molar-refractivity contribution in [3.05, 3.63) is 95.4 Å². The maximum atomic E-state index is 13.9. The molecule has 2 aromatic rings. The Bertz CT molecular complexity index is 2880. The zero-order chi connectivity index (χ0) is 66.1. The number of carbonyl (C=O) groups excluding carboxylic acids is 1. The third-order valence-corrected chi connectivity index (χ3v) is 31.4. The first-order chi connectivity index (χ1) is 42.3. The van der Waals surface area contributed by atoms with Gasteiger partial charge in [0.1, 0.15) is 44.2 Å². The lowest BCUT2D eigenvalue weighted by Gasteiger charge is -2.49. The van der Waals surface area contributed by atoms with Gasteiger partial charge in [0.2, 0.25) is 14.2 Å². The number of hydrogen-bond acceptors (Lipinski definition) is 15. The number of carbonyl (C=O) groups is 1. The Morgan fingerprint density at radius 1 is 0.833 bits per heavy atom. The number of nitrogens with zero attached hydrogens (tertiary/aromatic N) is 2. The molecule has 0 spiro atoms. The predicted molar refractivity (Wildman–Crippen MR) is 365 cm³/mol. The van der Waals surface area contributed by atoms with Gasteiger partial charge < -0.3 is 55.6 Å². The van der Waals surface area contributed by atoms with E-state index in [9.17, 15) is 4.79 Å². The van der Waals surface area contributed by atoms with Crippen molar-refractivity contribution < 1.29 is 60.4 Å². The molecule has 15 atom stereocenters. The quantitative estimate of drug-likeness (QED) is 0.0429. The molecule has 502 valence electrons. The number of ether oxygens (including phenoxy) is 8. The summed E-state index contributed by atoms with van der Waals surface area (Å²) in [6.45, 7) is 44.8. The van der Waals surface area contributed by atoms with E-state index >= 15 is 0 Å². The number of allylic oxidation sites excluding steroid dienone is 2. The Morgan fingerprint density at radius 3 is 2.19 bits per heavy atom. The summed E-state index contributed by atoms with van der Waals surface area (Å²) in [6.07, 6.45) is 22.7. The van der Waals surface area contributed by atoms with E-state index in [1.54, 1.807) is 39.9 Å². The van der Waals surface area contributed by atoms with Crippen LogP contribution in [0.2, 0.25) is 54.4 Å². The number of esters is 1. The van der Waals surface area contributed by atoms with Gasteiger partial charge in [0.25, 0.3) is 0 Å². The molecule has 2 aromatic heterocycles. The van der Waals surface area contributed by atoms with Gasteiger partial charge in [-0.3, -0.25) is 0 Å². The van der Waals surface area contributed by atoms with E-state index in [4.69, 9.17) is 65.5 Å². The van der Waals surface area contributed by atoms with Crippen LogP contribution in [0.4, 0.5) is 0 Å². The van der Waals surface area contributed by atoms with Crippen molar-refractivity contribution in [2.75, 3.05) is 21.3 Å². The lowest BCUT2D eigenvalue weighted by atomic mass is 9.79. The molecule has 0 N–H and O–H groups in total. The van der Waals surface area contributed by atoms with Gasteiger partial charge in [-0.05, 0) is 98.4 Å². The van der Waals surface area contributed by atoms with E-state index in [0.29, 0.717) is 79.0 Å². The van der Waals surface area contributed by atoms with Crippen LogP contribution in [0.3, 0.4) is 0 Å². The Morgan fingerprint density at radius 2 is 1.53 bits per heavy atom. The lowest BCUT2D eigenvalue weighted by molar-refractivity contribution is -0.297. The molecule has 0 amide bonds. The molecule has 4 fully saturated rings. The van der Waals surface area contributed by atoms with Crippen molar-refractivity contribution in [1.29, 1.82) is 0 Å². The van der Waals surface area contributed by atoms with Gasteiger partial charge in [0, 0.05) is 71.3 Å². The van der Waals surface area contributed by atoms with Crippen LogP contribution in [-0.4, -0.2) is 135 Å². The molecule has 90 heavy (non-hydrogen) atoms. The second-order valence-corrected chi connectivity index (χ2v) is 45.0. The molecular weight excluding hydrogens is 1190 g/mol. The van der Waals surface area contributed by atoms with Gasteiger partial charge in [-0.25, -0.2) is 14.8 Å². The summed E-state index contributed by atoms with van der Waals surface area (Å²) in [4.78, 5) is 24.0. The van der Waals surface area contributed by atoms with Gasteiger partial charge in [-0.1, -0.05) is 144 Å². The minimum absolute atomic E-state index is 0.00393. The van der Waals surface area contributed by atoms with E-state index in [1.165, 1.54) is 0 Å². The normalized spacial score (nSPS) is 30.5. The first-order valence-electron chi connectivity index (χ1n) is 33.5. The van der Waals surface area contributed by atoms with Crippen molar-refractivity contribution >= 4 is 42.8 Å². The highest BCUT2D eigenvalue weighted by molar-refractivity contribution is 6.83. The number of fused-ring (bicyclic) bond motifs is 9. The second-order valence-electron chi connectivity index (χ2n) is 30.1. The topological polar surface area (TPSA) is 161 Å². The van der Waals surface area contributed by atoms with Crippen LogP contribution in [0.15, 0.2) is 81.1 Å². The lowest BCUT2D eigenvalue weighted by Crippen LogP contribution is -2.57. The summed E-state index contributed by atoms with van der Waals surface area (Å²) in [5, 5.41) is 0.0525. The van der Waals surface area contributed by atoms with Crippen LogP contribution in [0, 0.1) is 23.3 Å². The molecule has 18 heteroatoms. The second kappa shape index (κ2) is 31.6.